The lowest BCUT2D eigenvalue weighted by Gasteiger charge is -2.14. The Balaban J connectivity index is 1.66. The predicted molar refractivity (Wildman–Crippen MR) is 104 cm³/mol. The summed E-state index contributed by atoms with van der Waals surface area (Å²) < 4.78 is 22.2. The first kappa shape index (κ1) is 19.6. The number of hydrogen-bond donors (Lipinski definition) is 1. The van der Waals surface area contributed by atoms with Crippen LogP contribution in [0.25, 0.3) is 0 Å². The van der Waals surface area contributed by atoms with Crippen LogP contribution in [0.3, 0.4) is 0 Å². The largest absolute Gasteiger partial charge is 0.490 e. The number of ether oxygens (including phenoxy) is 4. The summed E-state index contributed by atoms with van der Waals surface area (Å²) in [7, 11) is 0. The Kier molecular flexibility index (Phi) is 6.45. The molecule has 1 aliphatic rings. The number of benzene rings is 2. The number of nitrogens with one attached hydrogen (secondary N) is 1. The molecule has 1 heterocycles. The Morgan fingerprint density at radius 1 is 1.21 bits per heavy atom. The lowest BCUT2D eigenvalue weighted by Crippen LogP contribution is -2.20. The highest BCUT2D eigenvalue weighted by Crippen LogP contribution is 2.36. The van der Waals surface area contributed by atoms with E-state index in [9.17, 15) is 4.79 Å². The van der Waals surface area contributed by atoms with E-state index in [1.807, 2.05) is 6.07 Å². The average Bonchev–Trinajstić information content (AvgIpc) is 2.92. The van der Waals surface area contributed by atoms with E-state index >= 15 is 0 Å². The van der Waals surface area contributed by atoms with Crippen molar-refractivity contribution in [3.63, 3.8) is 0 Å². The first-order chi connectivity index (χ1) is 13.6. The molecule has 3 rings (SSSR count). The Hall–Kier alpha value is -3.11. The highest BCUT2D eigenvalue weighted by Gasteiger charge is 2.16. The zero-order chi connectivity index (χ0) is 19.9. The zero-order valence-corrected chi connectivity index (χ0v) is 16.0. The van der Waals surface area contributed by atoms with Crippen molar-refractivity contribution < 1.29 is 23.7 Å². The van der Waals surface area contributed by atoms with Gasteiger partial charge < -0.3 is 24.3 Å². The van der Waals surface area contributed by atoms with Gasteiger partial charge in [0.25, 0.3) is 5.91 Å². The molecule has 2 aromatic carbocycles. The average molecular weight is 403 g/mol. The molecule has 0 atom stereocenters. The van der Waals surface area contributed by atoms with Crippen molar-refractivity contribution in [2.45, 2.75) is 13.3 Å². The van der Waals surface area contributed by atoms with Crippen LogP contribution in [0.4, 0.5) is 5.69 Å². The quantitative estimate of drug-likeness (QED) is 0.790. The van der Waals surface area contributed by atoms with Crippen molar-refractivity contribution in [2.75, 3.05) is 31.7 Å². The van der Waals surface area contributed by atoms with Crippen LogP contribution >= 0.6 is 11.6 Å². The number of carbonyl (C=O) groups is 1. The second-order valence-corrected chi connectivity index (χ2v) is 6.29. The van der Waals surface area contributed by atoms with Gasteiger partial charge in [-0.2, -0.15) is 5.26 Å². The van der Waals surface area contributed by atoms with Gasteiger partial charge in [-0.05, 0) is 25.1 Å². The van der Waals surface area contributed by atoms with Crippen LogP contribution in [0, 0.1) is 11.3 Å². The minimum Gasteiger partial charge on any atom is -0.490 e. The third-order valence-electron chi connectivity index (χ3n) is 3.82. The molecule has 0 saturated carbocycles. The van der Waals surface area contributed by atoms with Crippen LogP contribution in [0.15, 0.2) is 30.3 Å². The number of anilines is 1. The van der Waals surface area contributed by atoms with Crippen molar-refractivity contribution in [3.8, 4) is 29.1 Å². The molecule has 1 aliphatic heterocycles. The standard InChI is InChI=1S/C20H19ClN2O5/c1-2-25-18-9-13(11-22)8-15(21)20(18)28-12-19(24)23-14-4-5-16-17(10-14)27-7-3-6-26-16/h4-5,8-10H,2-3,6-7,12H2,1H3,(H,23,24). The van der Waals surface area contributed by atoms with E-state index in [1.54, 1.807) is 25.1 Å². The normalized spacial score (nSPS) is 12.5. The molecule has 28 heavy (non-hydrogen) atoms. The molecular formula is C20H19ClN2O5. The van der Waals surface area contributed by atoms with Gasteiger partial charge in [0.15, 0.2) is 29.6 Å². The van der Waals surface area contributed by atoms with Crippen LogP contribution in [-0.2, 0) is 4.79 Å². The second kappa shape index (κ2) is 9.20. The Morgan fingerprint density at radius 2 is 2.00 bits per heavy atom. The number of nitrogens with zero attached hydrogens (tertiary/aromatic N) is 1. The highest BCUT2D eigenvalue weighted by molar-refractivity contribution is 6.32. The van der Waals surface area contributed by atoms with Gasteiger partial charge in [0.1, 0.15) is 0 Å². The minimum absolute atomic E-state index is 0.200. The number of nitriles is 1. The summed E-state index contributed by atoms with van der Waals surface area (Å²) in [5.41, 5.74) is 0.909. The molecule has 0 saturated heterocycles. The third kappa shape index (κ3) is 4.78. The zero-order valence-electron chi connectivity index (χ0n) is 15.3. The molecule has 2 aromatic rings. The van der Waals surface area contributed by atoms with E-state index in [4.69, 9.17) is 35.8 Å². The fourth-order valence-corrected chi connectivity index (χ4v) is 2.88. The maximum absolute atomic E-state index is 12.3. The highest BCUT2D eigenvalue weighted by atomic mass is 35.5. The molecule has 146 valence electrons. The van der Waals surface area contributed by atoms with Gasteiger partial charge in [0.2, 0.25) is 0 Å². The summed E-state index contributed by atoms with van der Waals surface area (Å²) in [6.07, 6.45) is 0.803. The molecule has 0 unspecified atom stereocenters. The molecule has 0 aromatic heterocycles. The van der Waals surface area contributed by atoms with Crippen LogP contribution in [0.2, 0.25) is 5.02 Å². The van der Waals surface area contributed by atoms with Crippen molar-refractivity contribution in [1.82, 2.24) is 0 Å². The predicted octanol–water partition coefficient (Wildman–Crippen LogP) is 3.79. The maximum atomic E-state index is 12.3. The summed E-state index contributed by atoms with van der Waals surface area (Å²) in [6.45, 7) is 3.05. The summed E-state index contributed by atoms with van der Waals surface area (Å²) in [5, 5.41) is 12.0. The molecule has 0 bridgehead atoms. The van der Waals surface area contributed by atoms with Gasteiger partial charge in [-0.1, -0.05) is 11.6 Å². The monoisotopic (exact) mass is 402 g/mol. The van der Waals surface area contributed by atoms with Crippen LogP contribution in [0.5, 0.6) is 23.0 Å². The molecule has 1 N–H and O–H groups in total. The topological polar surface area (TPSA) is 89.8 Å². The molecule has 8 heteroatoms. The summed E-state index contributed by atoms with van der Waals surface area (Å²) in [4.78, 5) is 12.3. The van der Waals surface area contributed by atoms with Crippen LogP contribution in [0.1, 0.15) is 18.9 Å². The van der Waals surface area contributed by atoms with Gasteiger partial charge >= 0.3 is 0 Å². The molecular weight excluding hydrogens is 384 g/mol. The maximum Gasteiger partial charge on any atom is 0.262 e. The van der Waals surface area contributed by atoms with E-state index in [-0.39, 0.29) is 23.3 Å². The van der Waals surface area contributed by atoms with E-state index in [0.717, 1.165) is 6.42 Å². The fraction of sp³-hybridized carbons (Fsp3) is 0.300. The molecule has 1 amide bonds. The number of fused-ring (bicyclic) bond motifs is 1. The van der Waals surface area contributed by atoms with E-state index in [2.05, 4.69) is 5.32 Å². The number of hydrogen-bond acceptors (Lipinski definition) is 6. The van der Waals surface area contributed by atoms with Gasteiger partial charge in [0.05, 0.1) is 36.5 Å². The molecule has 0 fully saturated rings. The van der Waals surface area contributed by atoms with Crippen LogP contribution in [-0.4, -0.2) is 32.3 Å². The Morgan fingerprint density at radius 3 is 2.75 bits per heavy atom. The Bertz CT molecular complexity index is 910. The van der Waals surface area contributed by atoms with Crippen molar-refractivity contribution in [1.29, 1.82) is 5.26 Å². The number of rotatable bonds is 6. The van der Waals surface area contributed by atoms with E-state index in [0.29, 0.717) is 48.3 Å². The molecule has 0 radical (unpaired) electrons. The second-order valence-electron chi connectivity index (χ2n) is 5.88. The van der Waals surface area contributed by atoms with Crippen molar-refractivity contribution >= 4 is 23.2 Å². The van der Waals surface area contributed by atoms with Gasteiger partial charge in [-0.25, -0.2) is 0 Å². The third-order valence-corrected chi connectivity index (χ3v) is 4.10. The smallest absolute Gasteiger partial charge is 0.262 e. The molecule has 0 spiro atoms. The van der Waals surface area contributed by atoms with Crippen molar-refractivity contribution in [3.05, 3.63) is 40.9 Å². The van der Waals surface area contributed by atoms with Gasteiger partial charge in [-0.3, -0.25) is 4.79 Å². The first-order valence-corrected chi connectivity index (χ1v) is 9.17. The summed E-state index contributed by atoms with van der Waals surface area (Å²) >= 11 is 6.17. The molecule has 7 nitrogen and oxygen atoms in total. The van der Waals surface area contributed by atoms with Crippen molar-refractivity contribution in [2.24, 2.45) is 0 Å². The van der Waals surface area contributed by atoms with Gasteiger partial charge in [-0.15, -0.1) is 0 Å². The minimum atomic E-state index is -0.377. The van der Waals surface area contributed by atoms with E-state index < -0.39 is 0 Å². The SMILES string of the molecule is CCOc1cc(C#N)cc(Cl)c1OCC(=O)Nc1ccc2c(c1)OCCCO2. The number of amides is 1. The number of carbonyl (C=O) groups excluding carboxylic acids is 1. The first-order valence-electron chi connectivity index (χ1n) is 8.79. The summed E-state index contributed by atoms with van der Waals surface area (Å²) in [6, 6.07) is 10.2. The fourth-order valence-electron chi connectivity index (χ4n) is 2.61. The van der Waals surface area contributed by atoms with Crippen LogP contribution < -0.4 is 24.3 Å². The van der Waals surface area contributed by atoms with Gasteiger partial charge in [0, 0.05) is 24.2 Å². The van der Waals surface area contributed by atoms with E-state index in [1.165, 1.54) is 12.1 Å². The number of halogens is 1. The Labute approximate surface area is 167 Å². The lowest BCUT2D eigenvalue weighted by atomic mass is 10.2. The molecule has 0 aliphatic carbocycles. The lowest BCUT2D eigenvalue weighted by molar-refractivity contribution is -0.118. The summed E-state index contributed by atoms with van der Waals surface area (Å²) in [5.74, 6) is 1.39.